The van der Waals surface area contributed by atoms with Gasteiger partial charge in [-0.3, -0.25) is 4.79 Å². The van der Waals surface area contributed by atoms with Crippen molar-refractivity contribution in [3.8, 4) is 17.4 Å². The third-order valence-corrected chi connectivity index (χ3v) is 5.73. The van der Waals surface area contributed by atoms with Crippen LogP contribution >= 0.6 is 0 Å². The van der Waals surface area contributed by atoms with E-state index in [4.69, 9.17) is 9.40 Å². The molecule has 0 radical (unpaired) electrons. The molecule has 6 nitrogen and oxygen atoms in total. The molecule has 5 aromatic rings. The number of aromatic amines is 1. The number of furan rings is 1. The SMILES string of the molecule is CCCCc1nc2cc[nH]c(=O)c2n1Cc1ccc2oc(-c3ccccc3C#N)cc2c1. The van der Waals surface area contributed by atoms with Crippen molar-refractivity contribution in [2.45, 2.75) is 32.7 Å². The molecular weight excluding hydrogens is 400 g/mol. The second-order valence-corrected chi connectivity index (χ2v) is 7.90. The van der Waals surface area contributed by atoms with E-state index in [2.05, 4.69) is 24.0 Å². The molecule has 158 valence electrons. The Bertz CT molecular complexity index is 1530. The fourth-order valence-corrected chi connectivity index (χ4v) is 4.14. The van der Waals surface area contributed by atoms with Crippen molar-refractivity contribution in [1.29, 1.82) is 5.26 Å². The van der Waals surface area contributed by atoms with Crippen molar-refractivity contribution in [3.05, 3.63) is 88.1 Å². The number of pyridine rings is 1. The second-order valence-electron chi connectivity index (χ2n) is 7.90. The highest BCUT2D eigenvalue weighted by molar-refractivity contribution is 5.84. The molecule has 0 saturated carbocycles. The van der Waals surface area contributed by atoms with Crippen molar-refractivity contribution < 1.29 is 4.42 Å². The zero-order chi connectivity index (χ0) is 22.1. The summed E-state index contributed by atoms with van der Waals surface area (Å²) in [6.07, 6.45) is 4.55. The molecule has 0 unspecified atom stereocenters. The van der Waals surface area contributed by atoms with Crippen LogP contribution in [0.15, 0.2) is 70.0 Å². The monoisotopic (exact) mass is 422 g/mol. The van der Waals surface area contributed by atoms with E-state index >= 15 is 0 Å². The molecule has 0 spiro atoms. The lowest BCUT2D eigenvalue weighted by molar-refractivity contribution is 0.631. The maximum atomic E-state index is 12.6. The number of fused-ring (bicyclic) bond motifs is 2. The molecule has 0 aliphatic heterocycles. The van der Waals surface area contributed by atoms with Crippen molar-refractivity contribution in [3.63, 3.8) is 0 Å². The largest absolute Gasteiger partial charge is 0.456 e. The molecule has 0 atom stereocenters. The molecule has 32 heavy (non-hydrogen) atoms. The Labute approximate surface area is 184 Å². The van der Waals surface area contributed by atoms with Crippen LogP contribution in [0.5, 0.6) is 0 Å². The van der Waals surface area contributed by atoms with E-state index in [1.165, 1.54) is 0 Å². The first kappa shape index (κ1) is 19.8. The van der Waals surface area contributed by atoms with E-state index in [0.29, 0.717) is 23.4 Å². The molecule has 3 aromatic heterocycles. The zero-order valence-electron chi connectivity index (χ0n) is 17.8. The summed E-state index contributed by atoms with van der Waals surface area (Å²) in [6.45, 7) is 2.70. The van der Waals surface area contributed by atoms with Crippen LogP contribution in [0.3, 0.4) is 0 Å². The van der Waals surface area contributed by atoms with Gasteiger partial charge in [0, 0.05) is 30.1 Å². The molecule has 6 heteroatoms. The van der Waals surface area contributed by atoms with E-state index in [-0.39, 0.29) is 5.56 Å². The lowest BCUT2D eigenvalue weighted by atomic mass is 10.1. The molecule has 0 aliphatic rings. The van der Waals surface area contributed by atoms with Crippen molar-refractivity contribution in [2.75, 3.05) is 0 Å². The van der Waals surface area contributed by atoms with Crippen LogP contribution < -0.4 is 5.56 Å². The van der Waals surface area contributed by atoms with Crippen LogP contribution in [-0.2, 0) is 13.0 Å². The van der Waals surface area contributed by atoms with Crippen molar-refractivity contribution in [2.24, 2.45) is 0 Å². The summed E-state index contributed by atoms with van der Waals surface area (Å²) in [7, 11) is 0. The van der Waals surface area contributed by atoms with Crippen LogP contribution in [0, 0.1) is 11.3 Å². The Morgan fingerprint density at radius 2 is 2.03 bits per heavy atom. The van der Waals surface area contributed by atoms with Gasteiger partial charge >= 0.3 is 0 Å². The number of hydrogen-bond acceptors (Lipinski definition) is 4. The number of hydrogen-bond donors (Lipinski definition) is 1. The summed E-state index contributed by atoms with van der Waals surface area (Å²) in [6, 6.07) is 19.5. The Morgan fingerprint density at radius 1 is 1.16 bits per heavy atom. The summed E-state index contributed by atoms with van der Waals surface area (Å²) in [5.41, 5.74) is 4.37. The van der Waals surface area contributed by atoms with E-state index in [0.717, 1.165) is 52.7 Å². The number of H-pyrrole nitrogens is 1. The minimum atomic E-state index is -0.127. The number of nitrogens with zero attached hydrogens (tertiary/aromatic N) is 3. The first-order valence-electron chi connectivity index (χ1n) is 10.8. The van der Waals surface area contributed by atoms with Crippen LogP contribution in [0.25, 0.3) is 33.3 Å². The minimum absolute atomic E-state index is 0.127. The molecule has 2 aromatic carbocycles. The van der Waals surface area contributed by atoms with Gasteiger partial charge in [0.2, 0.25) is 0 Å². The Kier molecular flexibility index (Phi) is 5.08. The van der Waals surface area contributed by atoms with E-state index in [1.807, 2.05) is 47.0 Å². The van der Waals surface area contributed by atoms with Gasteiger partial charge < -0.3 is 14.0 Å². The summed E-state index contributed by atoms with van der Waals surface area (Å²) >= 11 is 0. The lowest BCUT2D eigenvalue weighted by Crippen LogP contribution is -2.13. The fourth-order valence-electron chi connectivity index (χ4n) is 4.14. The predicted molar refractivity (Wildman–Crippen MR) is 124 cm³/mol. The van der Waals surface area contributed by atoms with E-state index in [1.54, 1.807) is 12.3 Å². The highest BCUT2D eigenvalue weighted by Crippen LogP contribution is 2.31. The molecule has 0 bridgehead atoms. The summed E-state index contributed by atoms with van der Waals surface area (Å²) in [5.74, 6) is 1.59. The number of nitrogens with one attached hydrogen (secondary N) is 1. The predicted octanol–water partition coefficient (Wildman–Crippen LogP) is 5.40. The first-order chi connectivity index (χ1) is 15.7. The Balaban J connectivity index is 1.56. The number of nitriles is 1. The number of imidazole rings is 1. The number of rotatable bonds is 6. The van der Waals surface area contributed by atoms with Gasteiger partial charge in [-0.1, -0.05) is 31.5 Å². The molecular formula is C26H22N4O2. The van der Waals surface area contributed by atoms with Crippen molar-refractivity contribution >= 4 is 22.0 Å². The smallest absolute Gasteiger partial charge is 0.274 e. The van der Waals surface area contributed by atoms with Gasteiger partial charge in [-0.15, -0.1) is 0 Å². The van der Waals surface area contributed by atoms with Gasteiger partial charge in [-0.25, -0.2) is 4.98 Å². The first-order valence-corrected chi connectivity index (χ1v) is 10.8. The highest BCUT2D eigenvalue weighted by atomic mass is 16.3. The van der Waals surface area contributed by atoms with Gasteiger partial charge in [0.25, 0.3) is 5.56 Å². The summed E-state index contributed by atoms with van der Waals surface area (Å²) in [4.78, 5) is 20.1. The minimum Gasteiger partial charge on any atom is -0.456 e. The van der Waals surface area contributed by atoms with E-state index in [9.17, 15) is 10.1 Å². The van der Waals surface area contributed by atoms with Crippen LogP contribution in [0.1, 0.15) is 36.7 Å². The molecule has 0 amide bonds. The van der Waals surface area contributed by atoms with Crippen molar-refractivity contribution in [1.82, 2.24) is 14.5 Å². The number of unbranched alkanes of at least 4 members (excludes halogenated alkanes) is 1. The third kappa shape index (κ3) is 3.48. The van der Waals surface area contributed by atoms with Crippen LogP contribution in [-0.4, -0.2) is 14.5 Å². The molecule has 3 heterocycles. The zero-order valence-corrected chi connectivity index (χ0v) is 17.8. The quantitative estimate of drug-likeness (QED) is 0.397. The molecule has 0 fully saturated rings. The fraction of sp³-hybridized carbons (Fsp3) is 0.192. The standard InChI is InChI=1S/C26H22N4O2/c1-2-3-8-24-29-21-11-12-28-26(31)25(21)30(24)16-17-9-10-22-19(13-17)14-23(32-22)20-7-5-4-6-18(20)15-27/h4-7,9-14H,2-3,8,16H2,1H3,(H,28,31). The van der Waals surface area contributed by atoms with Gasteiger partial charge in [-0.05, 0) is 48.4 Å². The maximum Gasteiger partial charge on any atom is 0.274 e. The van der Waals surface area contributed by atoms with E-state index < -0.39 is 0 Å². The maximum absolute atomic E-state index is 12.6. The molecule has 1 N–H and O–H groups in total. The Hall–Kier alpha value is -4.11. The molecule has 0 saturated heterocycles. The summed E-state index contributed by atoms with van der Waals surface area (Å²) in [5, 5.41) is 10.4. The highest BCUT2D eigenvalue weighted by Gasteiger charge is 2.15. The van der Waals surface area contributed by atoms with Gasteiger partial charge in [-0.2, -0.15) is 5.26 Å². The van der Waals surface area contributed by atoms with Gasteiger partial charge in [0.05, 0.1) is 17.1 Å². The average Bonchev–Trinajstić information content (AvgIpc) is 3.39. The number of aryl methyl sites for hydroxylation is 1. The van der Waals surface area contributed by atoms with Crippen LogP contribution in [0.4, 0.5) is 0 Å². The van der Waals surface area contributed by atoms with Crippen LogP contribution in [0.2, 0.25) is 0 Å². The number of benzene rings is 2. The topological polar surface area (TPSA) is 87.6 Å². The second kappa shape index (κ2) is 8.20. The van der Waals surface area contributed by atoms with Gasteiger partial charge in [0.15, 0.2) is 0 Å². The summed E-state index contributed by atoms with van der Waals surface area (Å²) < 4.78 is 8.05. The van der Waals surface area contributed by atoms with Gasteiger partial charge in [0.1, 0.15) is 22.7 Å². The molecule has 5 rings (SSSR count). The third-order valence-electron chi connectivity index (χ3n) is 5.73. The average molecular weight is 422 g/mol. The molecule has 0 aliphatic carbocycles. The normalized spacial score (nSPS) is 11.2. The number of aromatic nitrogens is 3. The Morgan fingerprint density at radius 3 is 2.88 bits per heavy atom. The lowest BCUT2D eigenvalue weighted by Gasteiger charge is -2.09.